The molecule has 2 aromatic carbocycles. The monoisotopic (exact) mass is 430 g/mol. The first-order valence-corrected chi connectivity index (χ1v) is 11.4. The number of ether oxygens (including phenoxy) is 2. The molecule has 3 aliphatic heterocycles. The van der Waals surface area contributed by atoms with E-state index in [2.05, 4.69) is 0 Å². The molecule has 1 aliphatic carbocycles. The lowest BCUT2D eigenvalue weighted by atomic mass is 9.84. The number of carbonyl (C=O) groups is 2. The molecule has 32 heavy (non-hydrogen) atoms. The summed E-state index contributed by atoms with van der Waals surface area (Å²) < 4.78 is 11.0. The number of benzene rings is 2. The molecule has 4 aliphatic rings. The van der Waals surface area contributed by atoms with Gasteiger partial charge >= 0.3 is 0 Å². The second kappa shape index (κ2) is 7.12. The van der Waals surface area contributed by atoms with Crippen LogP contribution in [0.1, 0.15) is 50.2 Å². The van der Waals surface area contributed by atoms with E-state index in [0.717, 1.165) is 48.1 Å². The van der Waals surface area contributed by atoms with Gasteiger partial charge in [0, 0.05) is 24.2 Å². The third-order valence-electron chi connectivity index (χ3n) is 7.38. The van der Waals surface area contributed by atoms with Crippen molar-refractivity contribution < 1.29 is 19.1 Å². The molecule has 0 N–H and O–H groups in total. The molecule has 1 fully saturated rings. The van der Waals surface area contributed by atoms with Crippen molar-refractivity contribution >= 4 is 17.5 Å². The van der Waals surface area contributed by atoms with Crippen molar-refractivity contribution in [2.24, 2.45) is 0 Å². The fourth-order valence-electron chi connectivity index (χ4n) is 5.90. The molecule has 0 aromatic heterocycles. The smallest absolute Gasteiger partial charge is 0.262 e. The highest BCUT2D eigenvalue weighted by atomic mass is 16.7. The van der Waals surface area contributed by atoms with Gasteiger partial charge in [-0.1, -0.05) is 43.5 Å². The third kappa shape index (κ3) is 2.58. The van der Waals surface area contributed by atoms with Crippen molar-refractivity contribution in [1.82, 2.24) is 4.90 Å². The number of rotatable bonds is 3. The molecule has 6 heteroatoms. The van der Waals surface area contributed by atoms with Crippen LogP contribution in [0, 0.1) is 0 Å². The summed E-state index contributed by atoms with van der Waals surface area (Å²) in [5.74, 6) is 1.26. The van der Waals surface area contributed by atoms with Crippen LogP contribution in [0.3, 0.4) is 0 Å². The average Bonchev–Trinajstić information content (AvgIpc) is 3.45. The van der Waals surface area contributed by atoms with Gasteiger partial charge in [0.05, 0.1) is 5.69 Å². The molecule has 0 saturated heterocycles. The molecule has 6 nitrogen and oxygen atoms in total. The second-order valence-electron chi connectivity index (χ2n) is 9.13. The van der Waals surface area contributed by atoms with Gasteiger partial charge in [-0.2, -0.15) is 0 Å². The summed E-state index contributed by atoms with van der Waals surface area (Å²) in [6.07, 6.45) is 7.14. The van der Waals surface area contributed by atoms with Crippen molar-refractivity contribution in [3.05, 3.63) is 65.2 Å². The van der Waals surface area contributed by atoms with Crippen LogP contribution in [-0.2, 0) is 21.7 Å². The lowest BCUT2D eigenvalue weighted by Gasteiger charge is -2.38. The summed E-state index contributed by atoms with van der Waals surface area (Å²) in [6, 6.07) is 13.9. The zero-order chi connectivity index (χ0) is 21.9. The topological polar surface area (TPSA) is 59.1 Å². The highest BCUT2D eigenvalue weighted by molar-refractivity contribution is 6.15. The third-order valence-corrected chi connectivity index (χ3v) is 7.38. The Morgan fingerprint density at radius 2 is 1.78 bits per heavy atom. The zero-order valence-electron chi connectivity index (χ0n) is 18.2. The maximum absolute atomic E-state index is 14.3. The fourth-order valence-corrected chi connectivity index (χ4v) is 5.90. The summed E-state index contributed by atoms with van der Waals surface area (Å²) in [7, 11) is 0. The molecule has 2 amide bonds. The summed E-state index contributed by atoms with van der Waals surface area (Å²) >= 11 is 0. The summed E-state index contributed by atoms with van der Waals surface area (Å²) in [5.41, 5.74) is 2.48. The highest BCUT2D eigenvalue weighted by Gasteiger charge is 2.60. The van der Waals surface area contributed by atoms with Crippen LogP contribution in [-0.4, -0.2) is 29.5 Å². The van der Waals surface area contributed by atoms with Crippen LogP contribution >= 0.6 is 0 Å². The average molecular weight is 431 g/mol. The molecule has 0 radical (unpaired) electrons. The molecule has 1 atom stereocenters. The van der Waals surface area contributed by atoms with Crippen molar-refractivity contribution in [3.8, 4) is 11.5 Å². The number of nitrogens with zero attached hydrogens (tertiary/aromatic N) is 2. The predicted octanol–water partition coefficient (Wildman–Crippen LogP) is 4.28. The van der Waals surface area contributed by atoms with E-state index in [-0.39, 0.29) is 24.6 Å². The Morgan fingerprint density at radius 1 is 1.00 bits per heavy atom. The Labute approximate surface area is 187 Å². The molecule has 2 aromatic rings. The number of para-hydroxylation sites is 1. The quantitative estimate of drug-likeness (QED) is 0.729. The van der Waals surface area contributed by atoms with Gasteiger partial charge in [-0.15, -0.1) is 0 Å². The Balaban J connectivity index is 1.45. The van der Waals surface area contributed by atoms with Crippen LogP contribution in [0.2, 0.25) is 0 Å². The summed E-state index contributed by atoms with van der Waals surface area (Å²) in [4.78, 5) is 31.3. The number of hydrogen-bond donors (Lipinski definition) is 0. The van der Waals surface area contributed by atoms with Gasteiger partial charge in [-0.25, -0.2) is 0 Å². The Kier molecular flexibility index (Phi) is 4.32. The van der Waals surface area contributed by atoms with Crippen molar-refractivity contribution in [1.29, 1.82) is 0 Å². The summed E-state index contributed by atoms with van der Waals surface area (Å²) in [6.45, 7) is 2.44. The van der Waals surface area contributed by atoms with E-state index in [1.807, 2.05) is 54.3 Å². The van der Waals surface area contributed by atoms with E-state index < -0.39 is 5.54 Å². The van der Waals surface area contributed by atoms with Crippen LogP contribution < -0.4 is 14.4 Å². The van der Waals surface area contributed by atoms with Crippen molar-refractivity contribution in [3.63, 3.8) is 0 Å². The molecular formula is C26H26N2O4. The minimum Gasteiger partial charge on any atom is -0.454 e. The number of fused-ring (bicyclic) bond motifs is 3. The molecular weight excluding hydrogens is 404 g/mol. The first-order chi connectivity index (χ1) is 15.6. The Morgan fingerprint density at radius 3 is 2.62 bits per heavy atom. The molecule has 3 heterocycles. The fraction of sp³-hybridized carbons (Fsp3) is 0.385. The van der Waals surface area contributed by atoms with Gasteiger partial charge in [0.15, 0.2) is 17.0 Å². The van der Waals surface area contributed by atoms with E-state index in [4.69, 9.17) is 9.47 Å². The highest BCUT2D eigenvalue weighted by Crippen LogP contribution is 2.53. The summed E-state index contributed by atoms with van der Waals surface area (Å²) in [5, 5.41) is 0. The van der Waals surface area contributed by atoms with Gasteiger partial charge in [0.2, 0.25) is 12.7 Å². The molecule has 164 valence electrons. The van der Waals surface area contributed by atoms with Crippen molar-refractivity contribution in [2.75, 3.05) is 11.7 Å². The largest absolute Gasteiger partial charge is 0.454 e. The minimum absolute atomic E-state index is 0.00550. The van der Waals surface area contributed by atoms with Gasteiger partial charge in [-0.3, -0.25) is 9.59 Å². The van der Waals surface area contributed by atoms with Crippen LogP contribution in [0.5, 0.6) is 11.5 Å². The van der Waals surface area contributed by atoms with Crippen LogP contribution in [0.4, 0.5) is 5.69 Å². The van der Waals surface area contributed by atoms with E-state index in [0.29, 0.717) is 18.0 Å². The molecule has 1 unspecified atom stereocenters. The molecule has 1 saturated carbocycles. The number of hydrogen-bond acceptors (Lipinski definition) is 4. The first-order valence-electron chi connectivity index (χ1n) is 11.4. The SMILES string of the molecule is CC1=CC(=O)N(Cc2ccc3c(c2)OCO3)C12C(=O)N(C1CCCCC1)c1ccccc12. The maximum atomic E-state index is 14.3. The van der Waals surface area contributed by atoms with E-state index in [1.54, 1.807) is 11.0 Å². The van der Waals surface area contributed by atoms with Gasteiger partial charge in [-0.05, 0) is 49.1 Å². The zero-order valence-corrected chi connectivity index (χ0v) is 18.2. The number of anilines is 1. The maximum Gasteiger partial charge on any atom is 0.262 e. The standard InChI is InChI=1S/C26H26N2O4/c1-17-13-24(29)27(15-18-11-12-22-23(14-18)32-16-31-22)26(17)20-9-5-6-10-21(20)28(25(26)30)19-7-3-2-4-8-19/h5-6,9-14,19H,2-4,7-8,15-16H2,1H3. The lowest BCUT2D eigenvalue weighted by Crippen LogP contribution is -2.54. The Hall–Kier alpha value is -3.28. The van der Waals surface area contributed by atoms with Crippen LogP contribution in [0.15, 0.2) is 54.1 Å². The molecule has 1 spiro atoms. The molecule has 0 bridgehead atoms. The number of amides is 2. The van der Waals surface area contributed by atoms with Gasteiger partial charge < -0.3 is 19.3 Å². The predicted molar refractivity (Wildman–Crippen MR) is 119 cm³/mol. The van der Waals surface area contributed by atoms with Crippen molar-refractivity contribution in [2.45, 2.75) is 57.2 Å². The van der Waals surface area contributed by atoms with Crippen LogP contribution in [0.25, 0.3) is 0 Å². The normalized spacial score (nSPS) is 24.5. The minimum atomic E-state index is -1.08. The number of carbonyl (C=O) groups excluding carboxylic acids is 2. The van der Waals surface area contributed by atoms with E-state index >= 15 is 0 Å². The van der Waals surface area contributed by atoms with Gasteiger partial charge in [0.1, 0.15) is 0 Å². The van der Waals surface area contributed by atoms with Gasteiger partial charge in [0.25, 0.3) is 5.91 Å². The lowest BCUT2D eigenvalue weighted by molar-refractivity contribution is -0.139. The second-order valence-corrected chi connectivity index (χ2v) is 9.13. The Bertz CT molecular complexity index is 1150. The van der Waals surface area contributed by atoms with E-state index in [9.17, 15) is 9.59 Å². The van der Waals surface area contributed by atoms with E-state index in [1.165, 1.54) is 6.42 Å². The first kappa shape index (κ1) is 19.4. The molecule has 6 rings (SSSR count).